The summed E-state index contributed by atoms with van der Waals surface area (Å²) in [5, 5.41) is 0. The molecule has 0 radical (unpaired) electrons. The number of fused-ring (bicyclic) bond motifs is 2. The number of carbonyl (C=O) groups excluding carboxylic acids is 1. The predicted octanol–water partition coefficient (Wildman–Crippen LogP) is 3.33. The molecule has 2 fully saturated rings. The van der Waals surface area contributed by atoms with Crippen LogP contribution in [0.25, 0.3) is 0 Å². The van der Waals surface area contributed by atoms with Crippen LogP contribution >= 0.6 is 11.8 Å². The molecular formula is C15H25NOS. The minimum Gasteiger partial charge on any atom is -0.338 e. The lowest BCUT2D eigenvalue weighted by Crippen LogP contribution is -2.38. The molecule has 1 saturated heterocycles. The van der Waals surface area contributed by atoms with Crippen molar-refractivity contribution < 1.29 is 4.79 Å². The van der Waals surface area contributed by atoms with Crippen molar-refractivity contribution in [2.45, 2.75) is 46.1 Å². The van der Waals surface area contributed by atoms with Crippen molar-refractivity contribution in [3.05, 3.63) is 12.7 Å². The molecule has 3 heteroatoms. The first-order valence-corrected chi connectivity index (χ1v) is 7.99. The summed E-state index contributed by atoms with van der Waals surface area (Å²) in [5.41, 5.74) is 0.742. The zero-order valence-corrected chi connectivity index (χ0v) is 12.7. The third kappa shape index (κ3) is 2.93. The summed E-state index contributed by atoms with van der Waals surface area (Å²) >= 11 is 1.67. The summed E-state index contributed by atoms with van der Waals surface area (Å²) in [5.74, 6) is 1.81. The third-order valence-electron chi connectivity index (χ3n) is 4.20. The third-order valence-corrected chi connectivity index (χ3v) is 5.12. The maximum atomic E-state index is 12.3. The molecule has 1 saturated carbocycles. The van der Waals surface area contributed by atoms with Crippen LogP contribution in [0.1, 0.15) is 40.0 Å². The van der Waals surface area contributed by atoms with Crippen molar-refractivity contribution in [1.29, 1.82) is 0 Å². The number of amides is 1. The maximum Gasteiger partial charge on any atom is 0.232 e. The summed E-state index contributed by atoms with van der Waals surface area (Å²) in [6, 6.07) is 0.482. The fraction of sp³-hybridized carbons (Fsp3) is 0.800. The quantitative estimate of drug-likeness (QED) is 0.575. The molecule has 2 rings (SSSR count). The van der Waals surface area contributed by atoms with Crippen molar-refractivity contribution in [2.24, 2.45) is 10.8 Å². The lowest BCUT2D eigenvalue weighted by Gasteiger charge is -2.39. The van der Waals surface area contributed by atoms with E-state index in [4.69, 9.17) is 0 Å². The van der Waals surface area contributed by atoms with Gasteiger partial charge in [-0.25, -0.2) is 0 Å². The van der Waals surface area contributed by atoms with E-state index in [-0.39, 0.29) is 0 Å². The maximum absolute atomic E-state index is 12.3. The predicted molar refractivity (Wildman–Crippen MR) is 78.8 cm³/mol. The van der Waals surface area contributed by atoms with E-state index in [1.54, 1.807) is 11.8 Å². The zero-order chi connectivity index (χ0) is 13.4. The fourth-order valence-electron chi connectivity index (χ4n) is 4.06. The Morgan fingerprint density at radius 1 is 1.44 bits per heavy atom. The highest BCUT2D eigenvalue weighted by Crippen LogP contribution is 2.52. The van der Waals surface area contributed by atoms with Gasteiger partial charge in [0.2, 0.25) is 5.91 Å². The molecule has 0 aromatic carbocycles. The van der Waals surface area contributed by atoms with E-state index < -0.39 is 0 Å². The Hall–Kier alpha value is -0.440. The lowest BCUT2D eigenvalue weighted by molar-refractivity contribution is -0.129. The molecule has 0 spiro atoms. The first-order valence-electron chi connectivity index (χ1n) is 6.83. The number of hydrogen-bond acceptors (Lipinski definition) is 2. The lowest BCUT2D eigenvalue weighted by atomic mass is 9.65. The van der Waals surface area contributed by atoms with Crippen LogP contribution < -0.4 is 0 Å². The van der Waals surface area contributed by atoms with Gasteiger partial charge < -0.3 is 4.90 Å². The molecule has 102 valence electrons. The van der Waals surface area contributed by atoms with Crippen molar-refractivity contribution in [2.75, 3.05) is 18.1 Å². The normalized spacial score (nSPS) is 33.5. The van der Waals surface area contributed by atoms with Gasteiger partial charge in [0.15, 0.2) is 0 Å². The number of nitrogens with zero attached hydrogens (tertiary/aromatic N) is 1. The fourth-order valence-corrected chi connectivity index (χ4v) is 4.69. The Bertz CT molecular complexity index is 352. The first-order chi connectivity index (χ1) is 8.35. The van der Waals surface area contributed by atoms with Gasteiger partial charge in [-0.2, -0.15) is 0 Å². The Balaban J connectivity index is 1.99. The van der Waals surface area contributed by atoms with Crippen molar-refractivity contribution in [3.8, 4) is 0 Å². The standard InChI is InChI=1S/C15H25NOS/c1-5-6-18-9-13(17)16-11-15(4)8-12(16)7-14(2,3)10-15/h5,12H,1,6-11H2,2-4H3. The summed E-state index contributed by atoms with van der Waals surface area (Å²) in [6.45, 7) is 11.7. The zero-order valence-electron chi connectivity index (χ0n) is 11.9. The molecule has 0 N–H and O–H groups in total. The minimum atomic E-state index is 0.327. The van der Waals surface area contributed by atoms with Gasteiger partial charge in [-0.15, -0.1) is 18.3 Å². The van der Waals surface area contributed by atoms with E-state index in [0.29, 0.717) is 28.5 Å². The van der Waals surface area contributed by atoms with Crippen LogP contribution in [0.5, 0.6) is 0 Å². The van der Waals surface area contributed by atoms with Crippen LogP contribution in [0.2, 0.25) is 0 Å². The highest BCUT2D eigenvalue weighted by Gasteiger charge is 2.50. The van der Waals surface area contributed by atoms with Crippen LogP contribution in [0.15, 0.2) is 12.7 Å². The van der Waals surface area contributed by atoms with E-state index in [0.717, 1.165) is 12.3 Å². The topological polar surface area (TPSA) is 20.3 Å². The van der Waals surface area contributed by atoms with Gasteiger partial charge in [0, 0.05) is 18.3 Å². The number of rotatable bonds is 4. The van der Waals surface area contributed by atoms with Crippen molar-refractivity contribution in [3.63, 3.8) is 0 Å². The highest BCUT2D eigenvalue weighted by molar-refractivity contribution is 8.00. The molecular weight excluding hydrogens is 242 g/mol. The van der Waals surface area contributed by atoms with Crippen LogP contribution in [0, 0.1) is 10.8 Å². The summed E-state index contributed by atoms with van der Waals surface area (Å²) in [6.07, 6.45) is 5.49. The van der Waals surface area contributed by atoms with E-state index in [1.807, 2.05) is 6.08 Å². The van der Waals surface area contributed by atoms with Gasteiger partial charge in [0.25, 0.3) is 0 Å². The molecule has 1 amide bonds. The molecule has 2 atom stereocenters. The Morgan fingerprint density at radius 2 is 2.17 bits per heavy atom. The second-order valence-electron chi connectivity index (χ2n) is 7.04. The average molecular weight is 267 g/mol. The highest BCUT2D eigenvalue weighted by atomic mass is 32.2. The molecule has 1 aliphatic carbocycles. The minimum absolute atomic E-state index is 0.327. The number of hydrogen-bond donors (Lipinski definition) is 0. The SMILES string of the molecule is C=CCSCC(=O)N1CC2(C)CC1CC(C)(C)C2. The van der Waals surface area contributed by atoms with Gasteiger partial charge >= 0.3 is 0 Å². The van der Waals surface area contributed by atoms with Crippen molar-refractivity contribution >= 4 is 17.7 Å². The van der Waals surface area contributed by atoms with Crippen molar-refractivity contribution in [1.82, 2.24) is 4.90 Å². The van der Waals surface area contributed by atoms with E-state index in [2.05, 4.69) is 32.3 Å². The summed E-state index contributed by atoms with van der Waals surface area (Å²) in [4.78, 5) is 14.4. The van der Waals surface area contributed by atoms with Crippen LogP contribution in [0.3, 0.4) is 0 Å². The Kier molecular flexibility index (Phi) is 3.82. The number of carbonyl (C=O) groups is 1. The molecule has 0 aromatic heterocycles. The summed E-state index contributed by atoms with van der Waals surface area (Å²) in [7, 11) is 0. The van der Waals surface area contributed by atoms with Crippen LogP contribution in [-0.2, 0) is 4.79 Å². The summed E-state index contributed by atoms with van der Waals surface area (Å²) < 4.78 is 0. The first kappa shape index (κ1) is 14.0. The van der Waals surface area contributed by atoms with E-state index in [9.17, 15) is 4.79 Å². The van der Waals surface area contributed by atoms with Crippen LogP contribution in [-0.4, -0.2) is 34.9 Å². The number of likely N-dealkylation sites (tertiary alicyclic amines) is 1. The second-order valence-corrected chi connectivity index (χ2v) is 8.07. The molecule has 2 nitrogen and oxygen atoms in total. The molecule has 1 heterocycles. The van der Waals surface area contributed by atoms with Gasteiger partial charge in [-0.3, -0.25) is 4.79 Å². The molecule has 1 aliphatic heterocycles. The molecule has 0 aromatic rings. The second kappa shape index (κ2) is 4.92. The van der Waals surface area contributed by atoms with Gasteiger partial charge in [-0.1, -0.05) is 26.8 Å². The Morgan fingerprint density at radius 3 is 2.83 bits per heavy atom. The van der Waals surface area contributed by atoms with Crippen LogP contribution in [0.4, 0.5) is 0 Å². The van der Waals surface area contributed by atoms with E-state index in [1.165, 1.54) is 19.3 Å². The molecule has 18 heavy (non-hydrogen) atoms. The van der Waals surface area contributed by atoms with Gasteiger partial charge in [0.05, 0.1) is 5.75 Å². The monoisotopic (exact) mass is 267 g/mol. The smallest absolute Gasteiger partial charge is 0.232 e. The number of thioether (sulfide) groups is 1. The largest absolute Gasteiger partial charge is 0.338 e. The molecule has 2 unspecified atom stereocenters. The Labute approximate surface area is 115 Å². The molecule has 2 bridgehead atoms. The van der Waals surface area contributed by atoms with Gasteiger partial charge in [0.1, 0.15) is 0 Å². The average Bonchev–Trinajstić information content (AvgIpc) is 2.48. The van der Waals surface area contributed by atoms with E-state index >= 15 is 0 Å². The van der Waals surface area contributed by atoms with Gasteiger partial charge in [-0.05, 0) is 30.1 Å². The molecule has 2 aliphatic rings.